The summed E-state index contributed by atoms with van der Waals surface area (Å²) in [6, 6.07) is 0. The molecule has 0 heterocycles. The van der Waals surface area contributed by atoms with Crippen molar-refractivity contribution in [3.8, 4) is 0 Å². The van der Waals surface area contributed by atoms with E-state index in [1.54, 1.807) is 25.5 Å². The summed E-state index contributed by atoms with van der Waals surface area (Å²) in [6.45, 7) is 5.07. The van der Waals surface area contributed by atoms with Crippen LogP contribution in [0, 0.1) is 5.92 Å². The number of carbonyl (C=O) groups is 1. The van der Waals surface area contributed by atoms with E-state index in [4.69, 9.17) is 0 Å². The van der Waals surface area contributed by atoms with Crippen molar-refractivity contribution in [2.75, 3.05) is 6.61 Å². The molecule has 1 amide bonds. The summed E-state index contributed by atoms with van der Waals surface area (Å²) in [6.07, 6.45) is 0.580. The van der Waals surface area contributed by atoms with Crippen molar-refractivity contribution in [2.24, 2.45) is 5.92 Å². The summed E-state index contributed by atoms with van der Waals surface area (Å²) >= 11 is 0. The average Bonchev–Trinajstić information content (AvgIpc) is 2.00. The fraction of sp³-hybridized carbons (Fsp3) is 0.857. The van der Waals surface area contributed by atoms with Crippen LogP contribution in [0.3, 0.4) is 0 Å². The molecule has 0 aromatic carbocycles. The first-order chi connectivity index (χ1) is 5.89. The summed E-state index contributed by atoms with van der Waals surface area (Å²) in [7, 11) is -3.89. The van der Waals surface area contributed by atoms with Crippen LogP contribution in [0.2, 0.25) is 0 Å². The molecular weight excluding hydrogens is 234 g/mol. The van der Waals surface area contributed by atoms with E-state index in [0.29, 0.717) is 6.42 Å². The van der Waals surface area contributed by atoms with Crippen LogP contribution in [0.15, 0.2) is 0 Å². The molecule has 0 fully saturated rings. The molecule has 5 nitrogen and oxygen atoms in total. The quantitative estimate of drug-likeness (QED) is 0.670. The molecule has 0 rings (SSSR count). The SMILES string of the molecule is CCCOS(=O)(=O)NC(=O)C(C)C.[CaH2]. The van der Waals surface area contributed by atoms with Crippen molar-refractivity contribution in [1.82, 2.24) is 4.72 Å². The van der Waals surface area contributed by atoms with Gasteiger partial charge >= 0.3 is 48.0 Å². The second-order valence-corrected chi connectivity index (χ2v) is 4.25. The maximum absolute atomic E-state index is 11.0. The molecule has 0 bridgehead atoms. The predicted octanol–water partition coefficient (Wildman–Crippen LogP) is -0.486. The Balaban J connectivity index is 0. The van der Waals surface area contributed by atoms with Crippen molar-refractivity contribution < 1.29 is 17.4 Å². The monoisotopic (exact) mass is 251 g/mol. The van der Waals surface area contributed by atoms with Gasteiger partial charge in [0, 0.05) is 5.92 Å². The minimum absolute atomic E-state index is 0. The van der Waals surface area contributed by atoms with E-state index in [9.17, 15) is 13.2 Å². The second-order valence-electron chi connectivity index (χ2n) is 2.90. The Kier molecular flexibility index (Phi) is 9.58. The van der Waals surface area contributed by atoms with Gasteiger partial charge in [-0.25, -0.2) is 4.72 Å². The van der Waals surface area contributed by atoms with Crippen LogP contribution in [0.25, 0.3) is 0 Å². The van der Waals surface area contributed by atoms with Crippen LogP contribution < -0.4 is 4.72 Å². The number of nitrogens with one attached hydrogen (secondary N) is 1. The standard InChI is InChI=1S/C7H15NO4S.Ca.2H/c1-4-5-12-13(10,11)8-7(9)6(2)3;;;/h6H,4-5H2,1-3H3,(H,8,9);;;. The van der Waals surface area contributed by atoms with E-state index in [1.807, 2.05) is 0 Å². The number of hydrogen-bond acceptors (Lipinski definition) is 4. The zero-order valence-corrected chi connectivity index (χ0v) is 8.85. The Morgan fingerprint density at radius 1 is 1.43 bits per heavy atom. The average molecular weight is 251 g/mol. The first-order valence-corrected chi connectivity index (χ1v) is 5.51. The fourth-order valence-electron chi connectivity index (χ4n) is 0.464. The van der Waals surface area contributed by atoms with Crippen LogP contribution in [-0.2, 0) is 19.3 Å². The predicted molar refractivity (Wildman–Crippen MR) is 56.7 cm³/mol. The molecular formula is C7H17CaNO4S. The van der Waals surface area contributed by atoms with Crippen molar-refractivity contribution in [3.63, 3.8) is 0 Å². The Morgan fingerprint density at radius 2 is 1.93 bits per heavy atom. The third-order valence-corrected chi connectivity index (χ3v) is 2.12. The van der Waals surface area contributed by atoms with Gasteiger partial charge in [-0.1, -0.05) is 20.8 Å². The second kappa shape index (κ2) is 7.87. The summed E-state index contributed by atoms with van der Waals surface area (Å²) in [5, 5.41) is 0. The molecule has 0 saturated carbocycles. The summed E-state index contributed by atoms with van der Waals surface area (Å²) in [5.74, 6) is -0.934. The van der Waals surface area contributed by atoms with Crippen molar-refractivity contribution in [1.29, 1.82) is 0 Å². The molecule has 0 radical (unpaired) electrons. The first-order valence-electron chi connectivity index (χ1n) is 4.10. The maximum atomic E-state index is 11.0. The minimum atomic E-state index is -3.89. The van der Waals surface area contributed by atoms with Crippen LogP contribution in [-0.4, -0.2) is 58.7 Å². The van der Waals surface area contributed by atoms with Crippen LogP contribution in [0.1, 0.15) is 27.2 Å². The molecule has 0 aromatic rings. The van der Waals surface area contributed by atoms with E-state index < -0.39 is 16.2 Å². The number of carbonyl (C=O) groups excluding carboxylic acids is 1. The Bertz CT molecular complexity index is 263. The topological polar surface area (TPSA) is 72.5 Å². The Labute approximate surface area is 115 Å². The molecule has 0 aliphatic heterocycles. The van der Waals surface area contributed by atoms with Gasteiger partial charge in [0.25, 0.3) is 0 Å². The third kappa shape index (κ3) is 7.99. The van der Waals surface area contributed by atoms with E-state index >= 15 is 0 Å². The van der Waals surface area contributed by atoms with E-state index in [0.717, 1.165) is 0 Å². The third-order valence-electron chi connectivity index (χ3n) is 1.19. The molecule has 1 N–H and O–H groups in total. The van der Waals surface area contributed by atoms with Gasteiger partial charge < -0.3 is 0 Å². The van der Waals surface area contributed by atoms with Crippen molar-refractivity contribution in [2.45, 2.75) is 27.2 Å². The van der Waals surface area contributed by atoms with Gasteiger partial charge in [0.05, 0.1) is 6.61 Å². The zero-order chi connectivity index (χ0) is 10.5. The van der Waals surface area contributed by atoms with Crippen molar-refractivity contribution >= 4 is 53.9 Å². The molecule has 14 heavy (non-hydrogen) atoms. The van der Waals surface area contributed by atoms with Gasteiger partial charge in [-0.05, 0) is 6.42 Å². The van der Waals surface area contributed by atoms with Gasteiger partial charge in [-0.15, -0.1) is 0 Å². The first kappa shape index (κ1) is 17.0. The molecule has 0 atom stereocenters. The normalized spacial score (nSPS) is 10.9. The van der Waals surface area contributed by atoms with Gasteiger partial charge in [-0.2, -0.15) is 8.42 Å². The molecule has 0 saturated heterocycles. The van der Waals surface area contributed by atoms with Crippen LogP contribution >= 0.6 is 0 Å². The number of rotatable bonds is 5. The zero-order valence-electron chi connectivity index (χ0n) is 8.03. The molecule has 0 spiro atoms. The van der Waals surface area contributed by atoms with Crippen LogP contribution in [0.5, 0.6) is 0 Å². The number of amides is 1. The molecule has 0 unspecified atom stereocenters. The van der Waals surface area contributed by atoms with Crippen molar-refractivity contribution in [3.05, 3.63) is 0 Å². The fourth-order valence-corrected chi connectivity index (χ4v) is 1.39. The molecule has 82 valence electrons. The Morgan fingerprint density at radius 3 is 2.29 bits per heavy atom. The van der Waals surface area contributed by atoms with Gasteiger partial charge in [0.15, 0.2) is 0 Å². The summed E-state index contributed by atoms with van der Waals surface area (Å²) in [5.41, 5.74) is 0. The van der Waals surface area contributed by atoms with E-state index in [2.05, 4.69) is 4.18 Å². The summed E-state index contributed by atoms with van der Waals surface area (Å²) in [4.78, 5) is 11.0. The van der Waals surface area contributed by atoms with Gasteiger partial charge in [0.2, 0.25) is 5.91 Å². The Hall–Kier alpha value is 0.640. The van der Waals surface area contributed by atoms with Gasteiger partial charge in [-0.3, -0.25) is 8.98 Å². The van der Waals surface area contributed by atoms with Crippen LogP contribution in [0.4, 0.5) is 0 Å². The molecule has 0 aromatic heterocycles. The molecule has 0 aliphatic rings. The van der Waals surface area contributed by atoms with E-state index in [1.165, 1.54) is 0 Å². The van der Waals surface area contributed by atoms with E-state index in [-0.39, 0.29) is 50.3 Å². The number of hydrogen-bond donors (Lipinski definition) is 1. The van der Waals surface area contributed by atoms with Gasteiger partial charge in [0.1, 0.15) is 0 Å². The molecule has 7 heteroatoms. The summed E-state index contributed by atoms with van der Waals surface area (Å²) < 4.78 is 28.1. The molecule has 0 aliphatic carbocycles.